The molecule has 27 heavy (non-hydrogen) atoms. The van der Waals surface area contributed by atoms with Gasteiger partial charge in [-0.25, -0.2) is 4.79 Å². The average Bonchev–Trinajstić information content (AvgIpc) is 3.17. The molecule has 0 radical (unpaired) electrons. The summed E-state index contributed by atoms with van der Waals surface area (Å²) in [6.45, 7) is 2.05. The van der Waals surface area contributed by atoms with Crippen molar-refractivity contribution in [1.29, 1.82) is 0 Å². The molecule has 0 spiro atoms. The average molecular weight is 365 g/mol. The molecule has 0 saturated heterocycles. The first kappa shape index (κ1) is 18.3. The Labute approximate surface area is 156 Å². The molecule has 0 fully saturated rings. The van der Waals surface area contributed by atoms with Crippen molar-refractivity contribution < 1.29 is 23.5 Å². The number of nitrogens with one attached hydrogen (secondary N) is 1. The number of rotatable bonds is 6. The van der Waals surface area contributed by atoms with Gasteiger partial charge in [-0.15, -0.1) is 0 Å². The monoisotopic (exact) mass is 365 g/mol. The Morgan fingerprint density at radius 3 is 2.56 bits per heavy atom. The lowest BCUT2D eigenvalue weighted by Gasteiger charge is -2.09. The first-order chi connectivity index (χ1) is 13.1. The second-order valence-corrected chi connectivity index (χ2v) is 5.84. The quantitative estimate of drug-likeness (QED) is 0.662. The molecule has 0 unspecified atom stereocenters. The number of anilines is 1. The highest BCUT2D eigenvalue weighted by molar-refractivity contribution is 6.03. The Morgan fingerprint density at radius 1 is 1.04 bits per heavy atom. The molecule has 0 bridgehead atoms. The van der Waals surface area contributed by atoms with Crippen molar-refractivity contribution >= 4 is 17.6 Å². The molecular weight excluding hydrogens is 346 g/mol. The number of ether oxygens (including phenoxy) is 2. The Bertz CT molecular complexity index is 946. The van der Waals surface area contributed by atoms with Gasteiger partial charge in [-0.3, -0.25) is 4.79 Å². The van der Waals surface area contributed by atoms with Gasteiger partial charge in [0.2, 0.25) is 0 Å². The van der Waals surface area contributed by atoms with Gasteiger partial charge in [-0.2, -0.15) is 0 Å². The molecule has 0 aliphatic heterocycles. The van der Waals surface area contributed by atoms with Crippen LogP contribution in [-0.2, 0) is 11.3 Å². The van der Waals surface area contributed by atoms with Gasteiger partial charge >= 0.3 is 5.97 Å². The van der Waals surface area contributed by atoms with Crippen LogP contribution in [0.3, 0.4) is 0 Å². The molecule has 0 atom stereocenters. The predicted molar refractivity (Wildman–Crippen MR) is 100.0 cm³/mol. The fourth-order valence-corrected chi connectivity index (χ4v) is 2.43. The minimum absolute atomic E-state index is 0.157. The van der Waals surface area contributed by atoms with E-state index < -0.39 is 11.9 Å². The van der Waals surface area contributed by atoms with E-state index in [0.717, 1.165) is 11.3 Å². The van der Waals surface area contributed by atoms with Gasteiger partial charge in [0, 0.05) is 5.69 Å². The zero-order chi connectivity index (χ0) is 19.2. The second kappa shape index (κ2) is 8.23. The number of hydrogen-bond acceptors (Lipinski definition) is 5. The topological polar surface area (TPSA) is 77.8 Å². The summed E-state index contributed by atoms with van der Waals surface area (Å²) in [5, 5.41) is 2.75. The minimum atomic E-state index is -0.469. The Morgan fingerprint density at radius 2 is 1.81 bits per heavy atom. The number of benzene rings is 2. The van der Waals surface area contributed by atoms with Crippen LogP contribution in [0, 0.1) is 6.92 Å². The minimum Gasteiger partial charge on any atom is -0.486 e. The highest BCUT2D eigenvalue weighted by atomic mass is 16.5. The fraction of sp³-hybridized carbons (Fsp3) is 0.143. The van der Waals surface area contributed by atoms with Gasteiger partial charge in [0.05, 0.1) is 12.7 Å². The van der Waals surface area contributed by atoms with Crippen LogP contribution >= 0.6 is 0 Å². The summed E-state index contributed by atoms with van der Waals surface area (Å²) in [6.07, 6.45) is 0. The summed E-state index contributed by atoms with van der Waals surface area (Å²) in [6, 6.07) is 17.6. The van der Waals surface area contributed by atoms with Crippen LogP contribution in [0.2, 0.25) is 0 Å². The molecule has 0 aliphatic rings. The first-order valence-electron chi connectivity index (χ1n) is 8.33. The summed E-state index contributed by atoms with van der Waals surface area (Å²) in [4.78, 5) is 24.1. The van der Waals surface area contributed by atoms with E-state index in [1.165, 1.54) is 7.11 Å². The molecule has 3 rings (SSSR count). The zero-order valence-electron chi connectivity index (χ0n) is 15.0. The van der Waals surface area contributed by atoms with Crippen LogP contribution < -0.4 is 10.1 Å². The third-order valence-electron chi connectivity index (χ3n) is 3.92. The van der Waals surface area contributed by atoms with Crippen molar-refractivity contribution in [2.45, 2.75) is 13.5 Å². The summed E-state index contributed by atoms with van der Waals surface area (Å²) >= 11 is 0. The molecule has 3 aromatic rings. The van der Waals surface area contributed by atoms with Crippen molar-refractivity contribution in [2.24, 2.45) is 0 Å². The molecular formula is C21H19NO5. The molecule has 1 heterocycles. The third kappa shape index (κ3) is 4.55. The number of furan rings is 1. The maximum Gasteiger partial charge on any atom is 0.337 e. The Kier molecular flexibility index (Phi) is 5.56. The lowest BCUT2D eigenvalue weighted by atomic mass is 10.1. The number of aryl methyl sites for hydroxylation is 1. The van der Waals surface area contributed by atoms with Crippen molar-refractivity contribution in [3.05, 3.63) is 83.3 Å². The van der Waals surface area contributed by atoms with Gasteiger partial charge in [-0.1, -0.05) is 24.3 Å². The SMILES string of the molecule is COC(=O)c1ccc(C)c(NC(=O)c2ccc(COc3ccccc3)o2)c1. The van der Waals surface area contributed by atoms with Gasteiger partial charge in [-0.05, 0) is 48.9 Å². The molecule has 1 amide bonds. The second-order valence-electron chi connectivity index (χ2n) is 5.84. The summed E-state index contributed by atoms with van der Waals surface area (Å²) in [7, 11) is 1.31. The molecule has 1 aromatic heterocycles. The summed E-state index contributed by atoms with van der Waals surface area (Å²) in [5.41, 5.74) is 1.69. The van der Waals surface area contributed by atoms with E-state index in [2.05, 4.69) is 5.32 Å². The number of hydrogen-bond donors (Lipinski definition) is 1. The Hall–Kier alpha value is -3.54. The molecule has 0 aliphatic carbocycles. The molecule has 6 nitrogen and oxygen atoms in total. The maximum absolute atomic E-state index is 12.4. The van der Waals surface area contributed by atoms with Crippen LogP contribution in [0.15, 0.2) is 65.1 Å². The van der Waals surface area contributed by atoms with E-state index in [9.17, 15) is 9.59 Å². The molecule has 138 valence electrons. The smallest absolute Gasteiger partial charge is 0.337 e. The molecule has 6 heteroatoms. The lowest BCUT2D eigenvalue weighted by molar-refractivity contribution is 0.0600. The van der Waals surface area contributed by atoms with Crippen LogP contribution in [-0.4, -0.2) is 19.0 Å². The van der Waals surface area contributed by atoms with Crippen LogP contribution in [0.5, 0.6) is 5.75 Å². The van der Waals surface area contributed by atoms with E-state index in [1.54, 1.807) is 30.3 Å². The van der Waals surface area contributed by atoms with Crippen molar-refractivity contribution in [3.8, 4) is 5.75 Å². The molecule has 0 saturated carbocycles. The number of amides is 1. The van der Waals surface area contributed by atoms with E-state index in [4.69, 9.17) is 13.9 Å². The van der Waals surface area contributed by atoms with Gasteiger partial charge < -0.3 is 19.2 Å². The fourth-order valence-electron chi connectivity index (χ4n) is 2.43. The van der Waals surface area contributed by atoms with Crippen LogP contribution in [0.4, 0.5) is 5.69 Å². The number of esters is 1. The number of carbonyl (C=O) groups excluding carboxylic acids is 2. The van der Waals surface area contributed by atoms with Gasteiger partial charge in [0.15, 0.2) is 5.76 Å². The third-order valence-corrected chi connectivity index (χ3v) is 3.92. The lowest BCUT2D eigenvalue weighted by Crippen LogP contribution is -2.13. The van der Waals surface area contributed by atoms with Gasteiger partial charge in [0.1, 0.15) is 18.1 Å². The highest BCUT2D eigenvalue weighted by Gasteiger charge is 2.15. The van der Waals surface area contributed by atoms with Crippen LogP contribution in [0.1, 0.15) is 32.2 Å². The van der Waals surface area contributed by atoms with Crippen LogP contribution in [0.25, 0.3) is 0 Å². The molecule has 2 aromatic carbocycles. The van der Waals surface area contributed by atoms with E-state index in [0.29, 0.717) is 17.0 Å². The normalized spacial score (nSPS) is 10.3. The summed E-state index contributed by atoms with van der Waals surface area (Å²) in [5.74, 6) is 0.527. The van der Waals surface area contributed by atoms with E-state index >= 15 is 0 Å². The van der Waals surface area contributed by atoms with Crippen molar-refractivity contribution in [2.75, 3.05) is 12.4 Å². The van der Waals surface area contributed by atoms with Gasteiger partial charge in [0.25, 0.3) is 5.91 Å². The van der Waals surface area contributed by atoms with Crippen molar-refractivity contribution in [3.63, 3.8) is 0 Å². The summed E-state index contributed by atoms with van der Waals surface area (Å²) < 4.78 is 15.9. The van der Waals surface area contributed by atoms with Crippen molar-refractivity contribution in [1.82, 2.24) is 0 Å². The van der Waals surface area contributed by atoms with E-state index in [1.807, 2.05) is 37.3 Å². The zero-order valence-corrected chi connectivity index (χ0v) is 15.0. The maximum atomic E-state index is 12.4. The number of carbonyl (C=O) groups is 2. The Balaban J connectivity index is 1.67. The number of methoxy groups -OCH3 is 1. The predicted octanol–water partition coefficient (Wildman–Crippen LogP) is 4.21. The molecule has 1 N–H and O–H groups in total. The first-order valence-corrected chi connectivity index (χ1v) is 8.33. The van der Waals surface area contributed by atoms with E-state index in [-0.39, 0.29) is 12.4 Å². The number of para-hydroxylation sites is 1. The largest absolute Gasteiger partial charge is 0.486 e. The highest BCUT2D eigenvalue weighted by Crippen LogP contribution is 2.20. The standard InChI is InChI=1S/C21H19NO5/c1-14-8-9-15(21(24)25-2)12-18(14)22-20(23)19-11-10-17(27-19)13-26-16-6-4-3-5-7-16/h3-12H,13H2,1-2H3,(H,22,23).